The number of aryl methyl sites for hydroxylation is 2. The number of likely N-dealkylation sites (N-methyl/N-ethyl adjacent to an activating group) is 1. The summed E-state index contributed by atoms with van der Waals surface area (Å²) >= 11 is 0. The summed E-state index contributed by atoms with van der Waals surface area (Å²) in [7, 11) is 1.90. The molecule has 0 aliphatic carbocycles. The molecule has 1 N–H and O–H groups in total. The van der Waals surface area contributed by atoms with Gasteiger partial charge in [0.25, 0.3) is 0 Å². The maximum Gasteiger partial charge on any atom is 0.236 e. The molecule has 1 aliphatic heterocycles. The number of piperidine rings is 1. The molecule has 2 aromatic rings. The maximum absolute atomic E-state index is 12.8. The molecule has 26 heavy (non-hydrogen) atoms. The predicted octanol–water partition coefficient (Wildman–Crippen LogP) is 3.43. The van der Waals surface area contributed by atoms with E-state index in [1.54, 1.807) is 0 Å². The zero-order valence-electron chi connectivity index (χ0n) is 16.3. The number of H-pyrrole nitrogens is 1. The van der Waals surface area contributed by atoms with Gasteiger partial charge in [0.15, 0.2) is 0 Å². The van der Waals surface area contributed by atoms with Crippen LogP contribution in [0.2, 0.25) is 0 Å². The number of hydrogen-bond acceptors (Lipinski definition) is 3. The smallest absolute Gasteiger partial charge is 0.236 e. The highest BCUT2D eigenvalue weighted by Crippen LogP contribution is 2.28. The Bertz CT molecular complexity index is 712. The zero-order chi connectivity index (χ0) is 18.7. The highest BCUT2D eigenvalue weighted by Gasteiger charge is 2.26. The van der Waals surface area contributed by atoms with Gasteiger partial charge in [-0.05, 0) is 58.2 Å². The summed E-state index contributed by atoms with van der Waals surface area (Å²) in [6.07, 6.45) is 2.24. The Labute approximate surface area is 156 Å². The first kappa shape index (κ1) is 18.6. The fourth-order valence-electron chi connectivity index (χ4n) is 4.04. The number of carbonyl (C=O) groups excluding carboxylic acids is 1. The van der Waals surface area contributed by atoms with Gasteiger partial charge in [0.05, 0.1) is 18.3 Å². The van der Waals surface area contributed by atoms with Gasteiger partial charge >= 0.3 is 0 Å². The van der Waals surface area contributed by atoms with Crippen LogP contribution in [0.25, 0.3) is 0 Å². The Morgan fingerprint density at radius 3 is 2.50 bits per heavy atom. The Morgan fingerprint density at radius 2 is 1.92 bits per heavy atom. The van der Waals surface area contributed by atoms with Crippen LogP contribution in [0.1, 0.15) is 54.2 Å². The van der Waals surface area contributed by atoms with Crippen molar-refractivity contribution in [2.75, 3.05) is 26.7 Å². The molecule has 1 aromatic heterocycles. The van der Waals surface area contributed by atoms with Crippen molar-refractivity contribution in [1.29, 1.82) is 0 Å². The molecule has 5 nitrogen and oxygen atoms in total. The van der Waals surface area contributed by atoms with Crippen molar-refractivity contribution in [2.45, 2.75) is 45.6 Å². The van der Waals surface area contributed by atoms with E-state index in [1.165, 1.54) is 5.56 Å². The third-order valence-corrected chi connectivity index (χ3v) is 5.79. The summed E-state index contributed by atoms with van der Waals surface area (Å²) < 4.78 is 0. The number of carbonyl (C=O) groups is 1. The minimum atomic E-state index is 0.0307. The topological polar surface area (TPSA) is 52.2 Å². The van der Waals surface area contributed by atoms with Crippen molar-refractivity contribution < 1.29 is 4.79 Å². The van der Waals surface area contributed by atoms with Crippen LogP contribution in [0, 0.1) is 13.8 Å². The van der Waals surface area contributed by atoms with E-state index in [9.17, 15) is 4.79 Å². The van der Waals surface area contributed by atoms with Gasteiger partial charge in [-0.3, -0.25) is 14.8 Å². The molecular formula is C21H30N4O. The summed E-state index contributed by atoms with van der Waals surface area (Å²) in [6.45, 7) is 8.54. The van der Waals surface area contributed by atoms with Crippen molar-refractivity contribution in [3.63, 3.8) is 0 Å². The number of aromatic amines is 1. The molecule has 0 spiro atoms. The lowest BCUT2D eigenvalue weighted by Crippen LogP contribution is -2.42. The lowest BCUT2D eigenvalue weighted by atomic mass is 9.89. The van der Waals surface area contributed by atoms with Gasteiger partial charge in [0.2, 0.25) is 5.91 Å². The molecular weight excluding hydrogens is 324 g/mol. The number of nitrogens with one attached hydrogen (secondary N) is 1. The van der Waals surface area contributed by atoms with Crippen molar-refractivity contribution in [3.05, 3.63) is 52.8 Å². The van der Waals surface area contributed by atoms with Crippen LogP contribution in [0.15, 0.2) is 30.3 Å². The number of aromatic nitrogens is 2. The normalized spacial score (nSPS) is 17.2. The van der Waals surface area contributed by atoms with E-state index in [-0.39, 0.29) is 11.9 Å². The van der Waals surface area contributed by atoms with E-state index in [2.05, 4.69) is 52.4 Å². The van der Waals surface area contributed by atoms with Crippen molar-refractivity contribution >= 4 is 5.91 Å². The van der Waals surface area contributed by atoms with Crippen LogP contribution in [-0.4, -0.2) is 52.6 Å². The second kappa shape index (κ2) is 8.04. The van der Waals surface area contributed by atoms with Crippen molar-refractivity contribution in [1.82, 2.24) is 20.0 Å². The van der Waals surface area contributed by atoms with Crippen LogP contribution < -0.4 is 0 Å². The Hall–Kier alpha value is -2.14. The molecule has 3 rings (SSSR count). The first-order chi connectivity index (χ1) is 12.5. The molecule has 0 unspecified atom stereocenters. The minimum Gasteiger partial charge on any atom is -0.338 e. The summed E-state index contributed by atoms with van der Waals surface area (Å²) in [5.41, 5.74) is 4.57. The molecule has 0 bridgehead atoms. The van der Waals surface area contributed by atoms with Crippen molar-refractivity contribution in [3.8, 4) is 0 Å². The van der Waals surface area contributed by atoms with E-state index in [0.29, 0.717) is 12.5 Å². The largest absolute Gasteiger partial charge is 0.338 e. The van der Waals surface area contributed by atoms with Gasteiger partial charge in [-0.15, -0.1) is 0 Å². The van der Waals surface area contributed by atoms with Crippen LogP contribution in [0.5, 0.6) is 0 Å². The van der Waals surface area contributed by atoms with Gasteiger partial charge in [0.1, 0.15) is 0 Å². The number of benzene rings is 1. The average Bonchev–Trinajstić information content (AvgIpc) is 3.00. The molecule has 1 atom stereocenters. The van der Waals surface area contributed by atoms with E-state index in [4.69, 9.17) is 0 Å². The molecule has 0 radical (unpaired) electrons. The molecule has 1 aliphatic rings. The second-order valence-corrected chi connectivity index (χ2v) is 7.49. The molecule has 5 heteroatoms. The number of nitrogens with zero attached hydrogens (tertiary/aromatic N) is 3. The number of amides is 1. The SMILES string of the molecule is Cc1n[nH]c(C)c1[C@@H](C)N(C)C(=O)CN1CCC(c2ccccc2)CC1. The summed E-state index contributed by atoms with van der Waals surface area (Å²) in [4.78, 5) is 16.9. The lowest BCUT2D eigenvalue weighted by molar-refractivity contribution is -0.133. The highest BCUT2D eigenvalue weighted by atomic mass is 16.2. The van der Waals surface area contributed by atoms with Crippen LogP contribution in [-0.2, 0) is 4.79 Å². The predicted molar refractivity (Wildman–Crippen MR) is 104 cm³/mol. The molecule has 0 saturated carbocycles. The molecule has 140 valence electrons. The van der Waals surface area contributed by atoms with E-state index in [0.717, 1.165) is 42.9 Å². The molecule has 1 fully saturated rings. The Balaban J connectivity index is 1.54. The van der Waals surface area contributed by atoms with E-state index in [1.807, 2.05) is 25.8 Å². The maximum atomic E-state index is 12.8. The molecule has 1 amide bonds. The third-order valence-electron chi connectivity index (χ3n) is 5.79. The fraction of sp³-hybridized carbons (Fsp3) is 0.524. The van der Waals surface area contributed by atoms with Crippen molar-refractivity contribution in [2.24, 2.45) is 0 Å². The Kier molecular flexibility index (Phi) is 5.77. The van der Waals surface area contributed by atoms with Crippen LogP contribution in [0.4, 0.5) is 0 Å². The average molecular weight is 354 g/mol. The van der Waals surface area contributed by atoms with Gasteiger partial charge in [0, 0.05) is 18.3 Å². The summed E-state index contributed by atoms with van der Waals surface area (Å²) in [5.74, 6) is 0.797. The van der Waals surface area contributed by atoms with Gasteiger partial charge in [-0.1, -0.05) is 30.3 Å². The first-order valence-electron chi connectivity index (χ1n) is 9.51. The molecule has 2 heterocycles. The van der Waals surface area contributed by atoms with E-state index >= 15 is 0 Å². The highest BCUT2D eigenvalue weighted by molar-refractivity contribution is 5.78. The second-order valence-electron chi connectivity index (χ2n) is 7.49. The van der Waals surface area contributed by atoms with Crippen LogP contribution >= 0.6 is 0 Å². The number of hydrogen-bond donors (Lipinski definition) is 1. The summed E-state index contributed by atoms with van der Waals surface area (Å²) in [5, 5.41) is 7.27. The van der Waals surface area contributed by atoms with E-state index < -0.39 is 0 Å². The number of rotatable bonds is 5. The van der Waals surface area contributed by atoms with Crippen LogP contribution in [0.3, 0.4) is 0 Å². The fourth-order valence-corrected chi connectivity index (χ4v) is 4.04. The standard InChI is InChI=1S/C21H30N4O/c1-15-21(16(2)23-22-15)17(3)24(4)20(26)14-25-12-10-19(11-13-25)18-8-6-5-7-9-18/h5-9,17,19H,10-14H2,1-4H3,(H,22,23)/t17-/m1/s1. The first-order valence-corrected chi connectivity index (χ1v) is 9.51. The Morgan fingerprint density at radius 1 is 1.27 bits per heavy atom. The quantitative estimate of drug-likeness (QED) is 0.895. The van der Waals surface area contributed by atoms with Gasteiger partial charge in [-0.25, -0.2) is 0 Å². The third kappa shape index (κ3) is 3.98. The number of likely N-dealkylation sites (tertiary alicyclic amines) is 1. The molecule has 1 saturated heterocycles. The van der Waals surface area contributed by atoms with Gasteiger partial charge < -0.3 is 4.90 Å². The zero-order valence-corrected chi connectivity index (χ0v) is 16.3. The monoisotopic (exact) mass is 354 g/mol. The molecule has 1 aromatic carbocycles. The minimum absolute atomic E-state index is 0.0307. The lowest BCUT2D eigenvalue weighted by Gasteiger charge is -2.34. The summed E-state index contributed by atoms with van der Waals surface area (Å²) in [6, 6.07) is 10.8. The van der Waals surface area contributed by atoms with Gasteiger partial charge in [-0.2, -0.15) is 5.10 Å².